The molecule has 0 aromatic heterocycles. The first-order valence-corrected chi connectivity index (χ1v) is 10.2. The second-order valence-corrected chi connectivity index (χ2v) is 8.95. The third kappa shape index (κ3) is 5.06. The molecule has 8 nitrogen and oxygen atoms in total. The van der Waals surface area contributed by atoms with Gasteiger partial charge in [0.1, 0.15) is 0 Å². The molecule has 0 aliphatic carbocycles. The van der Waals surface area contributed by atoms with E-state index in [0.717, 1.165) is 5.56 Å². The maximum Gasteiger partial charge on any atom is 0.240 e. The van der Waals surface area contributed by atoms with Crippen LogP contribution in [-0.4, -0.2) is 54.1 Å². The molecule has 0 fully saturated rings. The van der Waals surface area contributed by atoms with Gasteiger partial charge in [-0.25, -0.2) is 13.1 Å². The van der Waals surface area contributed by atoms with Gasteiger partial charge in [-0.2, -0.15) is 0 Å². The van der Waals surface area contributed by atoms with Crippen LogP contribution in [-0.2, 0) is 29.8 Å². The number of benzene rings is 1. The van der Waals surface area contributed by atoms with E-state index in [2.05, 4.69) is 10.0 Å². The molecular formula is C18H27N3O5S. The highest BCUT2D eigenvalue weighted by molar-refractivity contribution is 7.89. The number of amides is 2. The molecule has 1 aliphatic rings. The SMILES string of the molecule is COCCNC(=O)CCNS(=O)(=O)c1ccc2c(c1)C(C)(C)CC(=O)N2C. The fourth-order valence-electron chi connectivity index (χ4n) is 3.01. The summed E-state index contributed by atoms with van der Waals surface area (Å²) in [6.45, 7) is 4.63. The van der Waals surface area contributed by atoms with E-state index in [1.807, 2.05) is 13.8 Å². The summed E-state index contributed by atoms with van der Waals surface area (Å²) in [6.07, 6.45) is 0.353. The van der Waals surface area contributed by atoms with Crippen LogP contribution in [0.5, 0.6) is 0 Å². The third-order valence-electron chi connectivity index (χ3n) is 4.61. The van der Waals surface area contributed by atoms with Crippen LogP contribution in [0.3, 0.4) is 0 Å². The average Bonchev–Trinajstić information content (AvgIpc) is 2.59. The molecule has 0 radical (unpaired) electrons. The first-order chi connectivity index (χ1) is 12.6. The van der Waals surface area contributed by atoms with Gasteiger partial charge in [-0.3, -0.25) is 9.59 Å². The normalized spacial score (nSPS) is 16.1. The first kappa shape index (κ1) is 21.3. The van der Waals surface area contributed by atoms with Gasteiger partial charge < -0.3 is 15.0 Å². The van der Waals surface area contributed by atoms with E-state index in [-0.39, 0.29) is 29.7 Å². The molecule has 0 saturated heterocycles. The summed E-state index contributed by atoms with van der Waals surface area (Å²) < 4.78 is 32.4. The zero-order chi connectivity index (χ0) is 20.2. The van der Waals surface area contributed by atoms with Crippen LogP contribution in [0.2, 0.25) is 0 Å². The van der Waals surface area contributed by atoms with Crippen molar-refractivity contribution in [1.82, 2.24) is 10.0 Å². The fourth-order valence-corrected chi connectivity index (χ4v) is 4.06. The molecule has 0 bridgehead atoms. The summed E-state index contributed by atoms with van der Waals surface area (Å²) in [6, 6.07) is 4.74. The van der Waals surface area contributed by atoms with Crippen molar-refractivity contribution in [1.29, 1.82) is 0 Å². The number of sulfonamides is 1. The Morgan fingerprint density at radius 3 is 2.67 bits per heavy atom. The van der Waals surface area contributed by atoms with Crippen LogP contribution in [0.15, 0.2) is 23.1 Å². The molecule has 2 amide bonds. The van der Waals surface area contributed by atoms with E-state index in [4.69, 9.17) is 4.74 Å². The molecule has 1 heterocycles. The number of carbonyl (C=O) groups is 2. The number of hydrogen-bond donors (Lipinski definition) is 2. The van der Waals surface area contributed by atoms with E-state index >= 15 is 0 Å². The van der Waals surface area contributed by atoms with Crippen molar-refractivity contribution in [2.24, 2.45) is 0 Å². The number of methoxy groups -OCH3 is 1. The molecule has 2 rings (SSSR count). The van der Waals surface area contributed by atoms with Gasteiger partial charge in [0.05, 0.1) is 11.5 Å². The van der Waals surface area contributed by atoms with Gasteiger partial charge in [0.2, 0.25) is 21.8 Å². The van der Waals surface area contributed by atoms with Crippen LogP contribution in [0, 0.1) is 0 Å². The van der Waals surface area contributed by atoms with Crippen molar-refractivity contribution >= 4 is 27.5 Å². The van der Waals surface area contributed by atoms with Crippen molar-refractivity contribution in [3.63, 3.8) is 0 Å². The lowest BCUT2D eigenvalue weighted by atomic mass is 9.77. The van der Waals surface area contributed by atoms with Crippen molar-refractivity contribution in [3.05, 3.63) is 23.8 Å². The molecule has 0 spiro atoms. The topological polar surface area (TPSA) is 105 Å². The van der Waals surface area contributed by atoms with Crippen LogP contribution in [0.4, 0.5) is 5.69 Å². The predicted octanol–water partition coefficient (Wildman–Crippen LogP) is 0.762. The Bertz CT molecular complexity index is 820. The Labute approximate surface area is 160 Å². The summed E-state index contributed by atoms with van der Waals surface area (Å²) in [5.41, 5.74) is 1.07. The number of carbonyl (C=O) groups excluding carboxylic acids is 2. The molecule has 0 unspecified atom stereocenters. The second-order valence-electron chi connectivity index (χ2n) is 7.18. The third-order valence-corrected chi connectivity index (χ3v) is 6.07. The summed E-state index contributed by atoms with van der Waals surface area (Å²) in [4.78, 5) is 25.4. The molecule has 0 saturated carbocycles. The Morgan fingerprint density at radius 1 is 1.30 bits per heavy atom. The van der Waals surface area contributed by atoms with Gasteiger partial charge in [0.25, 0.3) is 0 Å². The highest BCUT2D eigenvalue weighted by Crippen LogP contribution is 2.40. The van der Waals surface area contributed by atoms with Crippen LogP contribution < -0.4 is 14.9 Å². The number of nitrogens with one attached hydrogen (secondary N) is 2. The Kier molecular flexibility index (Phi) is 6.61. The van der Waals surface area contributed by atoms with E-state index in [0.29, 0.717) is 25.3 Å². The quantitative estimate of drug-likeness (QED) is 0.630. The Morgan fingerprint density at radius 2 is 2.00 bits per heavy atom. The lowest BCUT2D eigenvalue weighted by molar-refractivity contribution is -0.121. The maximum atomic E-state index is 12.6. The van der Waals surface area contributed by atoms with Crippen molar-refractivity contribution in [3.8, 4) is 0 Å². The first-order valence-electron chi connectivity index (χ1n) is 8.75. The predicted molar refractivity (Wildman–Crippen MR) is 102 cm³/mol. The van der Waals surface area contributed by atoms with Gasteiger partial charge in [0, 0.05) is 51.2 Å². The van der Waals surface area contributed by atoms with E-state index in [1.165, 1.54) is 13.2 Å². The molecule has 0 atom stereocenters. The zero-order valence-corrected chi connectivity index (χ0v) is 17.0. The second kappa shape index (κ2) is 8.37. The van der Waals surface area contributed by atoms with Gasteiger partial charge >= 0.3 is 0 Å². The molecule has 150 valence electrons. The highest BCUT2D eigenvalue weighted by atomic mass is 32.2. The monoisotopic (exact) mass is 397 g/mol. The minimum absolute atomic E-state index is 0.0000150. The molecular weight excluding hydrogens is 370 g/mol. The molecule has 27 heavy (non-hydrogen) atoms. The average molecular weight is 397 g/mol. The summed E-state index contributed by atoms with van der Waals surface area (Å²) in [7, 11) is -0.533. The summed E-state index contributed by atoms with van der Waals surface area (Å²) in [5.74, 6) is -0.248. The van der Waals surface area contributed by atoms with E-state index in [1.54, 1.807) is 24.1 Å². The standard InChI is InChI=1S/C18H27N3O5S/c1-18(2)12-17(23)21(3)15-6-5-13(11-14(15)18)27(24,25)20-8-7-16(22)19-9-10-26-4/h5-6,11,20H,7-10,12H2,1-4H3,(H,19,22). The maximum absolute atomic E-state index is 12.6. The van der Waals surface area contributed by atoms with Gasteiger partial charge in [0.15, 0.2) is 0 Å². The number of anilines is 1. The minimum atomic E-state index is -3.75. The zero-order valence-electron chi connectivity index (χ0n) is 16.2. The van der Waals surface area contributed by atoms with E-state index < -0.39 is 15.4 Å². The van der Waals surface area contributed by atoms with Gasteiger partial charge in [-0.05, 0) is 23.8 Å². The number of hydrogen-bond acceptors (Lipinski definition) is 5. The van der Waals surface area contributed by atoms with Crippen molar-refractivity contribution in [2.45, 2.75) is 37.0 Å². The number of rotatable bonds is 8. The van der Waals surface area contributed by atoms with E-state index in [9.17, 15) is 18.0 Å². The molecule has 1 aromatic rings. The van der Waals surface area contributed by atoms with Gasteiger partial charge in [-0.1, -0.05) is 13.8 Å². The van der Waals surface area contributed by atoms with Gasteiger partial charge in [-0.15, -0.1) is 0 Å². The number of fused-ring (bicyclic) bond motifs is 1. The molecule has 2 N–H and O–H groups in total. The summed E-state index contributed by atoms with van der Waals surface area (Å²) >= 11 is 0. The smallest absolute Gasteiger partial charge is 0.240 e. The number of nitrogens with zero attached hydrogens (tertiary/aromatic N) is 1. The Balaban J connectivity index is 2.09. The fraction of sp³-hybridized carbons (Fsp3) is 0.556. The van der Waals surface area contributed by atoms with Crippen molar-refractivity contribution in [2.75, 3.05) is 38.8 Å². The lowest BCUT2D eigenvalue weighted by Crippen LogP contribution is -2.39. The van der Waals surface area contributed by atoms with Crippen LogP contribution in [0.25, 0.3) is 0 Å². The minimum Gasteiger partial charge on any atom is -0.383 e. The molecule has 9 heteroatoms. The highest BCUT2D eigenvalue weighted by Gasteiger charge is 2.36. The van der Waals surface area contributed by atoms with Crippen LogP contribution >= 0.6 is 0 Å². The largest absolute Gasteiger partial charge is 0.383 e. The lowest BCUT2D eigenvalue weighted by Gasteiger charge is -2.37. The molecule has 1 aliphatic heterocycles. The molecule has 1 aromatic carbocycles. The van der Waals surface area contributed by atoms with Crippen molar-refractivity contribution < 1.29 is 22.7 Å². The number of ether oxygens (including phenoxy) is 1. The van der Waals surface area contributed by atoms with Crippen LogP contribution in [0.1, 0.15) is 32.3 Å². The summed E-state index contributed by atoms with van der Waals surface area (Å²) in [5, 5.41) is 2.63. The Hall–Kier alpha value is -1.97.